The van der Waals surface area contributed by atoms with Crippen LogP contribution in [0.4, 0.5) is 11.8 Å². The molecule has 2 aromatic heterocycles. The van der Waals surface area contributed by atoms with Crippen LogP contribution in [0.2, 0.25) is 0 Å². The number of nitrogens with one attached hydrogen (secondary N) is 1. The number of hydrogen-bond donors (Lipinski definition) is 2. The lowest BCUT2D eigenvalue weighted by molar-refractivity contribution is 0.237. The SMILES string of the molecule is Cc1cccc(-c2nc(NCCN3CCCCC3)nc3nn(C(C)(C)C)c(N)c23)c1. The van der Waals surface area contributed by atoms with Crippen molar-refractivity contribution in [1.82, 2.24) is 24.6 Å². The number of aryl methyl sites for hydroxylation is 1. The smallest absolute Gasteiger partial charge is 0.225 e. The van der Waals surface area contributed by atoms with Crippen molar-refractivity contribution in [2.45, 2.75) is 52.5 Å². The van der Waals surface area contributed by atoms with E-state index in [1.165, 1.54) is 37.9 Å². The van der Waals surface area contributed by atoms with Crippen molar-refractivity contribution in [2.24, 2.45) is 0 Å². The Morgan fingerprint density at radius 3 is 2.57 bits per heavy atom. The lowest BCUT2D eigenvalue weighted by Gasteiger charge is -2.26. The topological polar surface area (TPSA) is 84.9 Å². The number of nitrogens with zero attached hydrogens (tertiary/aromatic N) is 5. The van der Waals surface area contributed by atoms with Crippen molar-refractivity contribution < 1.29 is 0 Å². The van der Waals surface area contributed by atoms with E-state index in [1.807, 2.05) is 10.7 Å². The maximum atomic E-state index is 6.54. The third kappa shape index (κ3) is 4.26. The van der Waals surface area contributed by atoms with Crippen LogP contribution in [0.15, 0.2) is 24.3 Å². The first-order valence-electron chi connectivity index (χ1n) is 10.9. The summed E-state index contributed by atoms with van der Waals surface area (Å²) in [4.78, 5) is 12.1. The standard InChI is InChI=1S/C23H33N7/c1-16-9-8-10-17(15-16)19-18-20(24)30(23(2,3)4)28-21(18)27-22(26-19)25-11-14-29-12-6-5-7-13-29/h8-10,15H,5-7,11-14,24H2,1-4H3,(H,25,27,28). The quantitative estimate of drug-likeness (QED) is 0.664. The maximum Gasteiger partial charge on any atom is 0.225 e. The van der Waals surface area contributed by atoms with Gasteiger partial charge in [-0.15, -0.1) is 5.10 Å². The maximum absolute atomic E-state index is 6.54. The number of benzene rings is 1. The van der Waals surface area contributed by atoms with E-state index in [2.05, 4.69) is 56.1 Å². The number of anilines is 2. The molecular formula is C23H33N7. The summed E-state index contributed by atoms with van der Waals surface area (Å²) in [5.74, 6) is 1.21. The average molecular weight is 408 g/mol. The second kappa shape index (κ2) is 8.22. The molecule has 160 valence electrons. The van der Waals surface area contributed by atoms with Crippen LogP contribution in [0.3, 0.4) is 0 Å². The predicted octanol–water partition coefficient (Wildman–Crippen LogP) is 4.04. The fraction of sp³-hybridized carbons (Fsp3) is 0.522. The van der Waals surface area contributed by atoms with Crippen LogP contribution >= 0.6 is 0 Å². The average Bonchev–Trinajstić information content (AvgIpc) is 3.05. The van der Waals surface area contributed by atoms with Gasteiger partial charge < -0.3 is 16.0 Å². The molecule has 0 saturated carbocycles. The molecule has 1 aliphatic heterocycles. The van der Waals surface area contributed by atoms with Crippen LogP contribution in [0, 0.1) is 6.92 Å². The first-order chi connectivity index (χ1) is 14.3. The summed E-state index contributed by atoms with van der Waals surface area (Å²) >= 11 is 0. The zero-order valence-electron chi connectivity index (χ0n) is 18.6. The zero-order valence-corrected chi connectivity index (χ0v) is 18.6. The molecule has 7 nitrogen and oxygen atoms in total. The molecule has 0 amide bonds. The largest absolute Gasteiger partial charge is 0.383 e. The Morgan fingerprint density at radius 1 is 1.10 bits per heavy atom. The molecule has 3 aromatic rings. The van der Waals surface area contributed by atoms with Gasteiger partial charge in [0.25, 0.3) is 0 Å². The Morgan fingerprint density at radius 2 is 1.87 bits per heavy atom. The van der Waals surface area contributed by atoms with Gasteiger partial charge in [-0.3, -0.25) is 0 Å². The Bertz CT molecular complexity index is 1030. The number of aromatic nitrogens is 4. The van der Waals surface area contributed by atoms with Gasteiger partial charge in [-0.1, -0.05) is 30.2 Å². The summed E-state index contributed by atoms with van der Waals surface area (Å²) in [6.07, 6.45) is 3.94. The normalized spacial score (nSPS) is 15.6. The molecule has 4 rings (SSSR count). The highest BCUT2D eigenvalue weighted by atomic mass is 15.4. The van der Waals surface area contributed by atoms with Crippen LogP contribution in [-0.2, 0) is 5.54 Å². The van der Waals surface area contributed by atoms with E-state index >= 15 is 0 Å². The summed E-state index contributed by atoms with van der Waals surface area (Å²) in [5, 5.41) is 8.98. The first kappa shape index (κ1) is 20.6. The van der Waals surface area contributed by atoms with Crippen LogP contribution < -0.4 is 11.1 Å². The van der Waals surface area contributed by atoms with Crippen molar-refractivity contribution in [3.8, 4) is 11.3 Å². The van der Waals surface area contributed by atoms with Crippen LogP contribution in [0.25, 0.3) is 22.3 Å². The second-order valence-corrected chi connectivity index (χ2v) is 9.26. The van der Waals surface area contributed by atoms with Gasteiger partial charge in [-0.25, -0.2) is 9.67 Å². The summed E-state index contributed by atoms with van der Waals surface area (Å²) in [6.45, 7) is 12.5. The molecule has 3 N–H and O–H groups in total. The van der Waals surface area contributed by atoms with Gasteiger partial charge in [0.2, 0.25) is 5.95 Å². The summed E-state index contributed by atoms with van der Waals surface area (Å²) in [7, 11) is 0. The van der Waals surface area contributed by atoms with Gasteiger partial charge in [-0.05, 0) is 59.7 Å². The molecule has 1 fully saturated rings. The van der Waals surface area contributed by atoms with Crippen LogP contribution in [-0.4, -0.2) is 50.8 Å². The van der Waals surface area contributed by atoms with E-state index in [-0.39, 0.29) is 5.54 Å². The molecular weight excluding hydrogens is 374 g/mol. The van der Waals surface area contributed by atoms with E-state index in [9.17, 15) is 0 Å². The lowest BCUT2D eigenvalue weighted by Crippen LogP contribution is -2.33. The van der Waals surface area contributed by atoms with Crippen molar-refractivity contribution in [2.75, 3.05) is 37.2 Å². The van der Waals surface area contributed by atoms with Crippen LogP contribution in [0.1, 0.15) is 45.6 Å². The molecule has 7 heteroatoms. The van der Waals surface area contributed by atoms with Crippen molar-refractivity contribution in [1.29, 1.82) is 0 Å². The van der Waals surface area contributed by atoms with E-state index in [0.717, 1.165) is 29.7 Å². The molecule has 0 unspecified atom stereocenters. The molecule has 3 heterocycles. The lowest BCUT2D eigenvalue weighted by atomic mass is 10.1. The minimum atomic E-state index is -0.240. The molecule has 0 radical (unpaired) electrons. The summed E-state index contributed by atoms with van der Waals surface area (Å²) in [6, 6.07) is 8.33. The monoisotopic (exact) mass is 407 g/mol. The number of hydrogen-bond acceptors (Lipinski definition) is 6. The van der Waals surface area contributed by atoms with Crippen molar-refractivity contribution in [3.05, 3.63) is 29.8 Å². The van der Waals surface area contributed by atoms with Gasteiger partial charge in [-0.2, -0.15) is 4.98 Å². The molecule has 30 heavy (non-hydrogen) atoms. The molecule has 0 aliphatic carbocycles. The highest BCUT2D eigenvalue weighted by Crippen LogP contribution is 2.34. The number of rotatable bonds is 5. The fourth-order valence-corrected chi connectivity index (χ4v) is 4.11. The molecule has 0 spiro atoms. The Balaban J connectivity index is 1.71. The number of nitrogen functional groups attached to an aromatic ring is 1. The first-order valence-corrected chi connectivity index (χ1v) is 10.9. The van der Waals surface area contributed by atoms with E-state index in [4.69, 9.17) is 20.8 Å². The van der Waals surface area contributed by atoms with E-state index in [0.29, 0.717) is 17.4 Å². The Hall–Kier alpha value is -2.67. The third-order valence-corrected chi connectivity index (χ3v) is 5.66. The fourth-order valence-electron chi connectivity index (χ4n) is 4.11. The summed E-state index contributed by atoms with van der Waals surface area (Å²) < 4.78 is 1.85. The highest BCUT2D eigenvalue weighted by Gasteiger charge is 2.24. The second-order valence-electron chi connectivity index (χ2n) is 9.26. The van der Waals surface area contributed by atoms with Gasteiger partial charge in [0, 0.05) is 18.7 Å². The minimum Gasteiger partial charge on any atom is -0.383 e. The molecule has 0 bridgehead atoms. The number of likely N-dealkylation sites (tertiary alicyclic amines) is 1. The molecule has 1 aromatic carbocycles. The molecule has 1 saturated heterocycles. The minimum absolute atomic E-state index is 0.240. The number of fused-ring (bicyclic) bond motifs is 1. The van der Waals surface area contributed by atoms with Crippen LogP contribution in [0.5, 0.6) is 0 Å². The van der Waals surface area contributed by atoms with Crippen molar-refractivity contribution >= 4 is 22.8 Å². The number of nitrogens with two attached hydrogens (primary N) is 1. The van der Waals surface area contributed by atoms with Gasteiger partial charge in [0.1, 0.15) is 5.82 Å². The third-order valence-electron chi connectivity index (χ3n) is 5.66. The van der Waals surface area contributed by atoms with Gasteiger partial charge in [0.05, 0.1) is 16.6 Å². The Kier molecular flexibility index (Phi) is 5.64. The predicted molar refractivity (Wildman–Crippen MR) is 124 cm³/mol. The van der Waals surface area contributed by atoms with Gasteiger partial charge >= 0.3 is 0 Å². The summed E-state index contributed by atoms with van der Waals surface area (Å²) in [5.41, 5.74) is 9.98. The van der Waals surface area contributed by atoms with E-state index < -0.39 is 0 Å². The highest BCUT2D eigenvalue weighted by molar-refractivity contribution is 5.99. The zero-order chi connectivity index (χ0) is 21.3. The molecule has 0 atom stereocenters. The Labute approximate surface area is 178 Å². The van der Waals surface area contributed by atoms with Gasteiger partial charge in [0.15, 0.2) is 5.65 Å². The van der Waals surface area contributed by atoms with E-state index in [1.54, 1.807) is 0 Å². The van der Waals surface area contributed by atoms with Crippen molar-refractivity contribution in [3.63, 3.8) is 0 Å². The number of piperidine rings is 1. The molecule has 1 aliphatic rings.